The number of amides is 2. The first kappa shape index (κ1) is 35.8. The van der Waals surface area contributed by atoms with Gasteiger partial charge in [0.15, 0.2) is 0 Å². The van der Waals surface area contributed by atoms with Crippen molar-refractivity contribution in [2.45, 2.75) is 57.1 Å². The molecule has 0 aliphatic heterocycles. The van der Waals surface area contributed by atoms with Gasteiger partial charge in [0.1, 0.15) is 18.3 Å². The van der Waals surface area contributed by atoms with Gasteiger partial charge >= 0.3 is 0 Å². The van der Waals surface area contributed by atoms with Crippen LogP contribution in [0.2, 0.25) is 10.0 Å². The van der Waals surface area contributed by atoms with Crippen molar-refractivity contribution in [3.8, 4) is 5.75 Å². The Morgan fingerprint density at radius 1 is 0.872 bits per heavy atom. The van der Waals surface area contributed by atoms with Crippen molar-refractivity contribution < 1.29 is 22.7 Å². The normalized spacial score (nSPS) is 12.6. The Labute approximate surface area is 287 Å². The lowest BCUT2D eigenvalue weighted by molar-refractivity contribution is -0.140. The zero-order chi connectivity index (χ0) is 34.1. The maximum atomic E-state index is 14.6. The third kappa shape index (κ3) is 9.28. The first-order chi connectivity index (χ1) is 22.4. The standard InChI is InChI=1S/C36H39Cl2N3O5S/c1-5-26(3)39-36(43)34(22-27-9-7-6-8-10-27)40(23-28-13-20-32(37)33(38)21-28)35(42)24-41(29-14-11-25(2)12-15-29)47(44,45)31-18-16-30(46-4)17-19-31/h6-21,26,34H,5,22-24H2,1-4H3,(H,39,43)/t26-,34-/m1/s1. The summed E-state index contributed by atoms with van der Waals surface area (Å²) < 4.78 is 34.7. The molecule has 0 unspecified atom stereocenters. The van der Waals surface area contributed by atoms with Gasteiger partial charge in [0, 0.05) is 19.0 Å². The van der Waals surface area contributed by atoms with E-state index in [0.717, 1.165) is 15.4 Å². The van der Waals surface area contributed by atoms with E-state index in [2.05, 4.69) is 5.32 Å². The topological polar surface area (TPSA) is 96.0 Å². The molecule has 0 aliphatic carbocycles. The van der Waals surface area contributed by atoms with Gasteiger partial charge in [-0.05, 0) is 79.9 Å². The average molecular weight is 697 g/mol. The van der Waals surface area contributed by atoms with E-state index >= 15 is 0 Å². The Morgan fingerprint density at radius 3 is 2.13 bits per heavy atom. The minimum atomic E-state index is -4.24. The predicted octanol–water partition coefficient (Wildman–Crippen LogP) is 7.06. The number of rotatable bonds is 14. The Morgan fingerprint density at radius 2 is 1.53 bits per heavy atom. The maximum Gasteiger partial charge on any atom is 0.264 e. The molecule has 2 atom stereocenters. The lowest BCUT2D eigenvalue weighted by Gasteiger charge is -2.34. The lowest BCUT2D eigenvalue weighted by atomic mass is 10.0. The van der Waals surface area contributed by atoms with Gasteiger partial charge in [-0.1, -0.05) is 84.2 Å². The van der Waals surface area contributed by atoms with Crippen LogP contribution in [0.5, 0.6) is 5.75 Å². The summed E-state index contributed by atoms with van der Waals surface area (Å²) in [5.41, 5.74) is 2.69. The van der Waals surface area contributed by atoms with Gasteiger partial charge in [-0.25, -0.2) is 8.42 Å². The fourth-order valence-electron chi connectivity index (χ4n) is 4.94. The smallest absolute Gasteiger partial charge is 0.264 e. The van der Waals surface area contributed by atoms with Crippen molar-refractivity contribution in [1.29, 1.82) is 0 Å². The van der Waals surface area contributed by atoms with Gasteiger partial charge in [0.05, 0.1) is 27.7 Å². The summed E-state index contributed by atoms with van der Waals surface area (Å²) >= 11 is 12.5. The maximum absolute atomic E-state index is 14.6. The molecular formula is C36H39Cl2N3O5S. The van der Waals surface area contributed by atoms with Crippen molar-refractivity contribution >= 4 is 50.7 Å². The summed E-state index contributed by atoms with van der Waals surface area (Å²) in [6, 6.07) is 26.1. The summed E-state index contributed by atoms with van der Waals surface area (Å²) in [6.07, 6.45) is 0.887. The molecule has 248 valence electrons. The highest BCUT2D eigenvalue weighted by Crippen LogP contribution is 2.28. The second-order valence-corrected chi connectivity index (χ2v) is 14.0. The number of sulfonamides is 1. The number of halogens is 2. The van der Waals surface area contributed by atoms with Crippen molar-refractivity contribution in [2.75, 3.05) is 18.0 Å². The number of nitrogens with one attached hydrogen (secondary N) is 1. The highest BCUT2D eigenvalue weighted by molar-refractivity contribution is 7.92. The molecule has 1 N–H and O–H groups in total. The third-order valence-electron chi connectivity index (χ3n) is 7.86. The van der Waals surface area contributed by atoms with E-state index < -0.39 is 28.5 Å². The number of carbonyl (C=O) groups is 2. The number of benzene rings is 4. The third-order valence-corrected chi connectivity index (χ3v) is 10.4. The SMILES string of the molecule is CC[C@@H](C)NC(=O)[C@@H](Cc1ccccc1)N(Cc1ccc(Cl)c(Cl)c1)C(=O)CN(c1ccc(C)cc1)S(=O)(=O)c1ccc(OC)cc1. The van der Waals surface area contributed by atoms with Crippen LogP contribution < -0.4 is 14.4 Å². The molecule has 47 heavy (non-hydrogen) atoms. The summed E-state index contributed by atoms with van der Waals surface area (Å²) in [6.45, 7) is 5.15. The van der Waals surface area contributed by atoms with Crippen molar-refractivity contribution in [2.24, 2.45) is 0 Å². The van der Waals surface area contributed by atoms with Crippen LogP contribution >= 0.6 is 23.2 Å². The molecule has 0 heterocycles. The Balaban J connectivity index is 1.82. The zero-order valence-electron chi connectivity index (χ0n) is 26.8. The number of aryl methyl sites for hydroxylation is 1. The Kier molecular flexibility index (Phi) is 12.3. The molecule has 4 aromatic rings. The van der Waals surface area contributed by atoms with Crippen LogP contribution in [0.1, 0.15) is 37.0 Å². The number of hydrogen-bond donors (Lipinski definition) is 1. The highest BCUT2D eigenvalue weighted by atomic mass is 35.5. The van der Waals surface area contributed by atoms with Crippen LogP contribution in [-0.4, -0.2) is 50.9 Å². The molecule has 4 rings (SSSR count). The fourth-order valence-corrected chi connectivity index (χ4v) is 6.68. The molecule has 0 bridgehead atoms. The van der Waals surface area contributed by atoms with E-state index in [0.29, 0.717) is 33.5 Å². The molecule has 0 saturated carbocycles. The van der Waals surface area contributed by atoms with Crippen LogP contribution in [0, 0.1) is 6.92 Å². The molecule has 0 spiro atoms. The number of hydrogen-bond acceptors (Lipinski definition) is 5. The molecule has 0 aromatic heterocycles. The molecule has 0 aliphatic rings. The van der Waals surface area contributed by atoms with E-state index in [4.69, 9.17) is 27.9 Å². The van der Waals surface area contributed by atoms with Gasteiger partial charge in [-0.2, -0.15) is 0 Å². The van der Waals surface area contributed by atoms with E-state index in [-0.39, 0.29) is 29.8 Å². The van der Waals surface area contributed by atoms with Gasteiger partial charge < -0.3 is 15.0 Å². The molecule has 0 saturated heterocycles. The van der Waals surface area contributed by atoms with Gasteiger partial charge in [0.25, 0.3) is 10.0 Å². The average Bonchev–Trinajstić information content (AvgIpc) is 3.07. The van der Waals surface area contributed by atoms with Crippen molar-refractivity contribution in [3.63, 3.8) is 0 Å². The molecular weight excluding hydrogens is 657 g/mol. The number of ether oxygens (including phenoxy) is 1. The number of carbonyl (C=O) groups excluding carboxylic acids is 2. The van der Waals surface area contributed by atoms with Crippen LogP contribution in [0.25, 0.3) is 0 Å². The lowest BCUT2D eigenvalue weighted by Crippen LogP contribution is -2.54. The van der Waals surface area contributed by atoms with E-state index in [1.807, 2.05) is 51.1 Å². The van der Waals surface area contributed by atoms with Crippen LogP contribution in [-0.2, 0) is 32.6 Å². The van der Waals surface area contributed by atoms with Crippen LogP contribution in [0.4, 0.5) is 5.69 Å². The van der Waals surface area contributed by atoms with Gasteiger partial charge in [-0.3, -0.25) is 13.9 Å². The minimum absolute atomic E-state index is 0.0157. The van der Waals surface area contributed by atoms with Crippen molar-refractivity contribution in [1.82, 2.24) is 10.2 Å². The summed E-state index contributed by atoms with van der Waals surface area (Å²) in [7, 11) is -2.75. The molecule has 2 amide bonds. The van der Waals surface area contributed by atoms with Crippen LogP contribution in [0.15, 0.2) is 102 Å². The van der Waals surface area contributed by atoms with Crippen LogP contribution in [0.3, 0.4) is 0 Å². The first-order valence-electron chi connectivity index (χ1n) is 15.2. The second kappa shape index (κ2) is 16.2. The highest BCUT2D eigenvalue weighted by Gasteiger charge is 2.35. The quantitative estimate of drug-likeness (QED) is 0.152. The fraction of sp³-hybridized carbons (Fsp3) is 0.278. The Bertz CT molecular complexity index is 1770. The van der Waals surface area contributed by atoms with Gasteiger partial charge in [0.2, 0.25) is 11.8 Å². The molecule has 0 radical (unpaired) electrons. The second-order valence-electron chi connectivity index (χ2n) is 11.3. The molecule has 4 aromatic carbocycles. The molecule has 11 heteroatoms. The van der Waals surface area contributed by atoms with E-state index in [9.17, 15) is 18.0 Å². The zero-order valence-corrected chi connectivity index (χ0v) is 29.1. The summed E-state index contributed by atoms with van der Waals surface area (Å²) in [5.74, 6) is -0.434. The number of methoxy groups -OCH3 is 1. The van der Waals surface area contributed by atoms with Crippen molar-refractivity contribution in [3.05, 3.63) is 124 Å². The number of nitrogens with zero attached hydrogens (tertiary/aromatic N) is 2. The predicted molar refractivity (Wildman–Crippen MR) is 188 cm³/mol. The summed E-state index contributed by atoms with van der Waals surface area (Å²) in [4.78, 5) is 29.9. The Hall–Kier alpha value is -4.05. The first-order valence-corrected chi connectivity index (χ1v) is 17.4. The minimum Gasteiger partial charge on any atom is -0.497 e. The van der Waals surface area contributed by atoms with Gasteiger partial charge in [-0.15, -0.1) is 0 Å². The number of anilines is 1. The van der Waals surface area contributed by atoms with E-state index in [1.54, 1.807) is 54.6 Å². The summed E-state index contributed by atoms with van der Waals surface area (Å²) in [5, 5.41) is 3.67. The molecule has 0 fully saturated rings. The monoisotopic (exact) mass is 695 g/mol. The molecule has 8 nitrogen and oxygen atoms in total. The van der Waals surface area contributed by atoms with E-state index in [1.165, 1.54) is 24.1 Å². The largest absolute Gasteiger partial charge is 0.497 e.